The maximum Gasteiger partial charge on any atom is 0.268 e. The normalized spacial score (nSPS) is 16.7. The van der Waals surface area contributed by atoms with E-state index in [1.165, 1.54) is 17.4 Å². The highest BCUT2D eigenvalue weighted by Gasteiger charge is 2.22. The van der Waals surface area contributed by atoms with Crippen molar-refractivity contribution in [3.63, 3.8) is 0 Å². The fourth-order valence-corrected chi connectivity index (χ4v) is 3.37. The van der Waals surface area contributed by atoms with Gasteiger partial charge in [-0.2, -0.15) is 5.26 Å². The largest absolute Gasteiger partial charge is 0.494 e. The molecule has 1 saturated heterocycles. The minimum atomic E-state index is -0.515. The van der Waals surface area contributed by atoms with Gasteiger partial charge in [-0.25, -0.2) is 0 Å². The number of nitrogens with one attached hydrogen (secondary N) is 1. The van der Waals surface area contributed by atoms with Gasteiger partial charge in [0.05, 0.1) is 6.61 Å². The second kappa shape index (κ2) is 9.26. The lowest BCUT2D eigenvalue weighted by Crippen LogP contribution is -2.13. The molecule has 8 heteroatoms. The molecule has 0 unspecified atom stereocenters. The molecular formula is C19H20N4O3S. The first-order valence-electron chi connectivity index (χ1n) is 8.80. The molecule has 0 spiro atoms. The second-order valence-electron chi connectivity index (χ2n) is 5.99. The fraction of sp³-hybridized carbons (Fsp3) is 0.368. The van der Waals surface area contributed by atoms with Crippen molar-refractivity contribution in [2.75, 3.05) is 18.5 Å². The van der Waals surface area contributed by atoms with E-state index in [-0.39, 0.29) is 11.7 Å². The third kappa shape index (κ3) is 5.12. The van der Waals surface area contributed by atoms with Crippen molar-refractivity contribution in [1.29, 1.82) is 5.26 Å². The van der Waals surface area contributed by atoms with E-state index in [1.54, 1.807) is 12.1 Å². The first kappa shape index (κ1) is 19.0. The summed E-state index contributed by atoms with van der Waals surface area (Å²) in [6.07, 6.45) is 4.31. The zero-order chi connectivity index (χ0) is 19.1. The summed E-state index contributed by atoms with van der Waals surface area (Å²) in [5.41, 5.74) is 0.731. The highest BCUT2D eigenvalue weighted by Crippen LogP contribution is 2.32. The number of anilines is 1. The number of hydrogen-bond donors (Lipinski definition) is 1. The van der Waals surface area contributed by atoms with Gasteiger partial charge in [0.15, 0.2) is 0 Å². The van der Waals surface area contributed by atoms with Crippen molar-refractivity contribution in [3.8, 4) is 11.8 Å². The van der Waals surface area contributed by atoms with Crippen LogP contribution < -0.4 is 10.1 Å². The Morgan fingerprint density at radius 1 is 1.44 bits per heavy atom. The summed E-state index contributed by atoms with van der Waals surface area (Å²) in [5, 5.41) is 21.1. The van der Waals surface area contributed by atoms with E-state index in [0.717, 1.165) is 42.2 Å². The van der Waals surface area contributed by atoms with E-state index in [0.29, 0.717) is 11.7 Å². The SMILES string of the molecule is CCCOc1ccc(/C=C(\C#N)C(=O)Nc2nnc([C@H]3CCCO3)s2)cc1. The number of ether oxygens (including phenoxy) is 2. The molecule has 1 aromatic carbocycles. The Morgan fingerprint density at radius 2 is 2.26 bits per heavy atom. The van der Waals surface area contributed by atoms with Crippen LogP contribution in [0.4, 0.5) is 5.13 Å². The van der Waals surface area contributed by atoms with Crippen LogP contribution in [0.15, 0.2) is 29.8 Å². The molecule has 1 fully saturated rings. The van der Waals surface area contributed by atoms with Crippen LogP contribution in [0.2, 0.25) is 0 Å². The third-order valence-corrected chi connectivity index (χ3v) is 4.83. The molecule has 0 aliphatic carbocycles. The lowest BCUT2D eigenvalue weighted by Gasteiger charge is -2.04. The number of carbonyl (C=O) groups is 1. The van der Waals surface area contributed by atoms with Gasteiger partial charge >= 0.3 is 0 Å². The molecule has 0 saturated carbocycles. The Morgan fingerprint density at radius 3 is 2.93 bits per heavy atom. The highest BCUT2D eigenvalue weighted by atomic mass is 32.1. The summed E-state index contributed by atoms with van der Waals surface area (Å²) in [5.74, 6) is 0.242. The molecule has 2 heterocycles. The minimum Gasteiger partial charge on any atom is -0.494 e. The molecule has 1 aliphatic heterocycles. The topological polar surface area (TPSA) is 97.1 Å². The van der Waals surface area contributed by atoms with Crippen molar-refractivity contribution in [1.82, 2.24) is 10.2 Å². The van der Waals surface area contributed by atoms with E-state index >= 15 is 0 Å². The number of hydrogen-bond acceptors (Lipinski definition) is 7. The van der Waals surface area contributed by atoms with Gasteiger partial charge in [-0.15, -0.1) is 10.2 Å². The Kier molecular flexibility index (Phi) is 6.52. The van der Waals surface area contributed by atoms with Crippen molar-refractivity contribution in [3.05, 3.63) is 40.4 Å². The summed E-state index contributed by atoms with van der Waals surface area (Å²) in [6, 6.07) is 9.16. The number of rotatable bonds is 7. The van der Waals surface area contributed by atoms with Crippen LogP contribution >= 0.6 is 11.3 Å². The van der Waals surface area contributed by atoms with Gasteiger partial charge in [0, 0.05) is 6.61 Å². The molecule has 1 amide bonds. The van der Waals surface area contributed by atoms with Crippen molar-refractivity contribution < 1.29 is 14.3 Å². The van der Waals surface area contributed by atoms with E-state index in [4.69, 9.17) is 9.47 Å². The second-order valence-corrected chi connectivity index (χ2v) is 7.00. The molecule has 0 bridgehead atoms. The van der Waals surface area contributed by atoms with Gasteiger partial charge in [0.1, 0.15) is 28.5 Å². The van der Waals surface area contributed by atoms with Crippen LogP contribution in [0.5, 0.6) is 5.75 Å². The van der Waals surface area contributed by atoms with Crippen LogP contribution in [0.1, 0.15) is 42.9 Å². The summed E-state index contributed by atoms with van der Waals surface area (Å²) >= 11 is 1.27. The maximum absolute atomic E-state index is 12.4. The van der Waals surface area contributed by atoms with E-state index < -0.39 is 5.91 Å². The van der Waals surface area contributed by atoms with Crippen LogP contribution in [0, 0.1) is 11.3 Å². The van der Waals surface area contributed by atoms with Crippen LogP contribution in [0.25, 0.3) is 6.08 Å². The van der Waals surface area contributed by atoms with Crippen LogP contribution in [-0.2, 0) is 9.53 Å². The molecule has 1 aromatic heterocycles. The van der Waals surface area contributed by atoms with Gasteiger partial charge in [-0.1, -0.05) is 30.4 Å². The molecule has 1 aliphatic rings. The van der Waals surface area contributed by atoms with Gasteiger partial charge in [0.25, 0.3) is 5.91 Å². The van der Waals surface area contributed by atoms with E-state index in [9.17, 15) is 10.1 Å². The number of carbonyl (C=O) groups excluding carboxylic acids is 1. The predicted molar refractivity (Wildman–Crippen MR) is 102 cm³/mol. The number of aromatic nitrogens is 2. The number of nitrogens with zero attached hydrogens (tertiary/aromatic N) is 3. The predicted octanol–water partition coefficient (Wildman–Crippen LogP) is 3.72. The number of amides is 1. The molecule has 0 radical (unpaired) electrons. The maximum atomic E-state index is 12.4. The van der Waals surface area contributed by atoms with Crippen LogP contribution in [-0.4, -0.2) is 29.3 Å². The smallest absolute Gasteiger partial charge is 0.268 e. The molecule has 7 nitrogen and oxygen atoms in total. The molecule has 27 heavy (non-hydrogen) atoms. The van der Waals surface area contributed by atoms with Gasteiger partial charge in [0.2, 0.25) is 5.13 Å². The Bertz CT molecular complexity index is 849. The lowest BCUT2D eigenvalue weighted by molar-refractivity contribution is -0.112. The first-order chi connectivity index (χ1) is 13.2. The van der Waals surface area contributed by atoms with Gasteiger partial charge < -0.3 is 9.47 Å². The zero-order valence-electron chi connectivity index (χ0n) is 15.0. The van der Waals surface area contributed by atoms with Gasteiger partial charge in [-0.3, -0.25) is 10.1 Å². The number of nitriles is 1. The van der Waals surface area contributed by atoms with E-state index in [2.05, 4.69) is 15.5 Å². The molecule has 2 aromatic rings. The summed E-state index contributed by atoms with van der Waals surface area (Å²) in [7, 11) is 0. The Balaban J connectivity index is 1.65. The minimum absolute atomic E-state index is 0.00825. The number of benzene rings is 1. The third-order valence-electron chi connectivity index (χ3n) is 3.90. The quantitative estimate of drug-likeness (QED) is 0.577. The van der Waals surface area contributed by atoms with E-state index in [1.807, 2.05) is 25.1 Å². The first-order valence-corrected chi connectivity index (χ1v) is 9.62. The Labute approximate surface area is 161 Å². The summed E-state index contributed by atoms with van der Waals surface area (Å²) < 4.78 is 11.1. The van der Waals surface area contributed by atoms with Crippen molar-refractivity contribution in [2.24, 2.45) is 0 Å². The lowest BCUT2D eigenvalue weighted by atomic mass is 10.1. The molecule has 3 rings (SSSR count). The summed E-state index contributed by atoms with van der Waals surface area (Å²) in [4.78, 5) is 12.4. The zero-order valence-corrected chi connectivity index (χ0v) is 15.8. The molecule has 140 valence electrons. The van der Waals surface area contributed by atoms with Crippen molar-refractivity contribution in [2.45, 2.75) is 32.3 Å². The van der Waals surface area contributed by atoms with Gasteiger partial charge in [-0.05, 0) is 43.0 Å². The fourth-order valence-electron chi connectivity index (χ4n) is 2.55. The molecular weight excluding hydrogens is 364 g/mol. The monoisotopic (exact) mass is 384 g/mol. The van der Waals surface area contributed by atoms with Crippen molar-refractivity contribution >= 4 is 28.5 Å². The average molecular weight is 384 g/mol. The molecule has 1 atom stereocenters. The Hall–Kier alpha value is -2.76. The highest BCUT2D eigenvalue weighted by molar-refractivity contribution is 7.15. The molecule has 1 N–H and O–H groups in total. The van der Waals surface area contributed by atoms with Crippen LogP contribution in [0.3, 0.4) is 0 Å². The average Bonchev–Trinajstić information content (AvgIpc) is 3.37. The standard InChI is InChI=1S/C19H20N4O3S/c1-2-9-25-15-7-5-13(6-8-15)11-14(12-20)17(24)21-19-23-22-18(27-19)16-4-3-10-26-16/h5-8,11,16H,2-4,9-10H2,1H3,(H,21,23,24)/b14-11+/t16-/m1/s1. The summed E-state index contributed by atoms with van der Waals surface area (Å²) in [6.45, 7) is 3.41.